The third kappa shape index (κ3) is 1.77. The molecule has 0 amide bonds. The number of aliphatic hydroxyl groups is 1. The second kappa shape index (κ2) is 4.43. The van der Waals surface area contributed by atoms with Crippen LogP contribution in [0.2, 0.25) is 0 Å². The van der Waals surface area contributed by atoms with E-state index in [0.29, 0.717) is 17.0 Å². The van der Waals surface area contributed by atoms with Crippen LogP contribution in [0.4, 0.5) is 5.82 Å². The highest BCUT2D eigenvalue weighted by atomic mass is 16.5. The molecule has 2 aromatic rings. The van der Waals surface area contributed by atoms with Crippen molar-refractivity contribution in [2.75, 3.05) is 12.3 Å². The SMILES string of the molecule is CC1C(CO)OC(n2cnc3c(N)ncnc32)C1C. The van der Waals surface area contributed by atoms with E-state index < -0.39 is 0 Å². The summed E-state index contributed by atoms with van der Waals surface area (Å²) in [5.41, 5.74) is 7.02. The van der Waals surface area contributed by atoms with Crippen LogP contribution in [0.15, 0.2) is 12.7 Å². The summed E-state index contributed by atoms with van der Waals surface area (Å²) in [6.07, 6.45) is 2.74. The first-order valence-corrected chi connectivity index (χ1v) is 6.32. The molecule has 3 rings (SSSR count). The van der Waals surface area contributed by atoms with Gasteiger partial charge in [0.25, 0.3) is 0 Å². The second-order valence-electron chi connectivity index (χ2n) is 5.05. The van der Waals surface area contributed by atoms with E-state index in [0.717, 1.165) is 0 Å². The summed E-state index contributed by atoms with van der Waals surface area (Å²) in [4.78, 5) is 12.4. The van der Waals surface area contributed by atoms with E-state index in [1.54, 1.807) is 6.33 Å². The van der Waals surface area contributed by atoms with Crippen LogP contribution in [0.25, 0.3) is 11.2 Å². The van der Waals surface area contributed by atoms with Gasteiger partial charge in [-0.1, -0.05) is 13.8 Å². The summed E-state index contributed by atoms with van der Waals surface area (Å²) in [6.45, 7) is 4.20. The lowest BCUT2D eigenvalue weighted by Gasteiger charge is -2.17. The first kappa shape index (κ1) is 12.3. The number of nitrogens with zero attached hydrogens (tertiary/aromatic N) is 4. The fourth-order valence-corrected chi connectivity index (χ4v) is 2.61. The molecule has 3 heterocycles. The van der Waals surface area contributed by atoms with Crippen LogP contribution in [0, 0.1) is 11.8 Å². The van der Waals surface area contributed by atoms with Gasteiger partial charge in [-0.05, 0) is 5.92 Å². The monoisotopic (exact) mass is 263 g/mol. The van der Waals surface area contributed by atoms with Gasteiger partial charge in [0.05, 0.1) is 19.0 Å². The molecule has 1 aliphatic heterocycles. The van der Waals surface area contributed by atoms with E-state index >= 15 is 0 Å². The number of nitrogen functional groups attached to an aromatic ring is 1. The number of nitrogens with two attached hydrogens (primary N) is 1. The van der Waals surface area contributed by atoms with E-state index in [4.69, 9.17) is 10.5 Å². The second-order valence-corrected chi connectivity index (χ2v) is 5.05. The van der Waals surface area contributed by atoms with E-state index in [1.165, 1.54) is 6.33 Å². The fourth-order valence-electron chi connectivity index (χ4n) is 2.61. The smallest absolute Gasteiger partial charge is 0.167 e. The number of fused-ring (bicyclic) bond motifs is 1. The van der Waals surface area contributed by atoms with Gasteiger partial charge in [0, 0.05) is 5.92 Å². The predicted molar refractivity (Wildman–Crippen MR) is 69.1 cm³/mol. The molecular weight excluding hydrogens is 246 g/mol. The van der Waals surface area contributed by atoms with Crippen molar-refractivity contribution in [2.24, 2.45) is 11.8 Å². The van der Waals surface area contributed by atoms with Crippen molar-refractivity contribution in [1.29, 1.82) is 0 Å². The number of aliphatic hydroxyl groups excluding tert-OH is 1. The van der Waals surface area contributed by atoms with Gasteiger partial charge in [-0.25, -0.2) is 15.0 Å². The van der Waals surface area contributed by atoms with Crippen molar-refractivity contribution in [3.8, 4) is 0 Å². The zero-order chi connectivity index (χ0) is 13.6. The molecule has 1 aliphatic rings. The largest absolute Gasteiger partial charge is 0.394 e. The molecule has 4 atom stereocenters. The topological polar surface area (TPSA) is 99.1 Å². The summed E-state index contributed by atoms with van der Waals surface area (Å²) in [6, 6.07) is 0. The average Bonchev–Trinajstić information content (AvgIpc) is 2.94. The van der Waals surface area contributed by atoms with Crippen molar-refractivity contribution in [1.82, 2.24) is 19.5 Å². The van der Waals surface area contributed by atoms with E-state index in [9.17, 15) is 5.11 Å². The van der Waals surface area contributed by atoms with Crippen molar-refractivity contribution < 1.29 is 9.84 Å². The average molecular weight is 263 g/mol. The Morgan fingerprint density at radius 3 is 2.79 bits per heavy atom. The van der Waals surface area contributed by atoms with Crippen molar-refractivity contribution in [3.05, 3.63) is 12.7 Å². The van der Waals surface area contributed by atoms with Crippen LogP contribution in [0.5, 0.6) is 0 Å². The third-order valence-corrected chi connectivity index (χ3v) is 4.02. The zero-order valence-corrected chi connectivity index (χ0v) is 10.9. The molecule has 19 heavy (non-hydrogen) atoms. The quantitative estimate of drug-likeness (QED) is 0.821. The Labute approximate surface area is 110 Å². The van der Waals surface area contributed by atoms with Gasteiger partial charge in [0.1, 0.15) is 18.1 Å². The highest BCUT2D eigenvalue weighted by molar-refractivity contribution is 5.81. The predicted octanol–water partition coefficient (Wildman–Crippen LogP) is 0.570. The Hall–Kier alpha value is -1.73. The lowest BCUT2D eigenvalue weighted by Crippen LogP contribution is -2.19. The minimum absolute atomic E-state index is 0.0196. The Morgan fingerprint density at radius 2 is 2.11 bits per heavy atom. The molecule has 7 nitrogen and oxygen atoms in total. The Morgan fingerprint density at radius 1 is 1.32 bits per heavy atom. The van der Waals surface area contributed by atoms with Crippen molar-refractivity contribution in [3.63, 3.8) is 0 Å². The molecular formula is C12H17N5O2. The van der Waals surface area contributed by atoms with Crippen LogP contribution in [-0.4, -0.2) is 37.3 Å². The molecule has 7 heteroatoms. The van der Waals surface area contributed by atoms with Crippen molar-refractivity contribution in [2.45, 2.75) is 26.2 Å². The maximum atomic E-state index is 9.33. The number of imidazole rings is 1. The minimum Gasteiger partial charge on any atom is -0.394 e. The highest BCUT2D eigenvalue weighted by Gasteiger charge is 2.40. The lowest BCUT2D eigenvalue weighted by atomic mass is 9.93. The Kier molecular flexibility index (Phi) is 2.87. The fraction of sp³-hybridized carbons (Fsp3) is 0.583. The van der Waals surface area contributed by atoms with Crippen LogP contribution in [0.3, 0.4) is 0 Å². The van der Waals surface area contributed by atoms with E-state index in [-0.39, 0.29) is 30.8 Å². The van der Waals surface area contributed by atoms with Crippen molar-refractivity contribution >= 4 is 17.0 Å². The molecule has 0 saturated carbocycles. The molecule has 3 N–H and O–H groups in total. The van der Waals surface area contributed by atoms with Gasteiger partial charge in [0.2, 0.25) is 0 Å². The molecule has 1 saturated heterocycles. The van der Waals surface area contributed by atoms with Crippen LogP contribution >= 0.6 is 0 Å². The van der Waals surface area contributed by atoms with E-state index in [2.05, 4.69) is 28.8 Å². The van der Waals surface area contributed by atoms with Crippen LogP contribution in [0.1, 0.15) is 20.1 Å². The number of hydrogen-bond acceptors (Lipinski definition) is 6. The van der Waals surface area contributed by atoms with Crippen LogP contribution in [-0.2, 0) is 4.74 Å². The lowest BCUT2D eigenvalue weighted by molar-refractivity contribution is -0.0336. The van der Waals surface area contributed by atoms with E-state index in [1.807, 2.05) is 4.57 Å². The maximum Gasteiger partial charge on any atom is 0.167 e. The minimum atomic E-state index is -0.188. The molecule has 4 unspecified atom stereocenters. The van der Waals surface area contributed by atoms with Gasteiger partial charge in [0.15, 0.2) is 11.5 Å². The Balaban J connectivity index is 2.04. The molecule has 0 bridgehead atoms. The highest BCUT2D eigenvalue weighted by Crippen LogP contribution is 2.39. The molecule has 0 radical (unpaired) electrons. The standard InChI is InChI=1S/C12H17N5O2/c1-6-7(2)12(19-8(6)3-18)17-5-16-9-10(13)14-4-15-11(9)17/h4-8,12,18H,3H2,1-2H3,(H2,13,14,15). The van der Waals surface area contributed by atoms with Gasteiger partial charge in [-0.3, -0.25) is 4.57 Å². The summed E-state index contributed by atoms with van der Waals surface area (Å²) in [7, 11) is 0. The molecule has 0 aliphatic carbocycles. The molecule has 0 aromatic carbocycles. The normalized spacial score (nSPS) is 31.1. The number of rotatable bonds is 2. The molecule has 1 fully saturated rings. The molecule has 0 spiro atoms. The first-order chi connectivity index (χ1) is 9.13. The number of anilines is 1. The summed E-state index contributed by atoms with van der Waals surface area (Å²) < 4.78 is 7.76. The first-order valence-electron chi connectivity index (χ1n) is 6.32. The third-order valence-electron chi connectivity index (χ3n) is 4.02. The number of aromatic nitrogens is 4. The molecule has 2 aromatic heterocycles. The van der Waals surface area contributed by atoms with Gasteiger partial charge >= 0.3 is 0 Å². The maximum absolute atomic E-state index is 9.33. The van der Waals surface area contributed by atoms with Gasteiger partial charge < -0.3 is 15.6 Å². The summed E-state index contributed by atoms with van der Waals surface area (Å²) in [5.74, 6) is 0.888. The van der Waals surface area contributed by atoms with Gasteiger partial charge in [-0.15, -0.1) is 0 Å². The number of ether oxygens (including phenoxy) is 1. The number of hydrogen-bond donors (Lipinski definition) is 2. The zero-order valence-electron chi connectivity index (χ0n) is 10.9. The van der Waals surface area contributed by atoms with Crippen LogP contribution < -0.4 is 5.73 Å². The Bertz CT molecular complexity index is 599. The molecule has 102 valence electrons. The summed E-state index contributed by atoms with van der Waals surface area (Å²) in [5, 5.41) is 9.33. The van der Waals surface area contributed by atoms with Gasteiger partial charge in [-0.2, -0.15) is 0 Å². The summed E-state index contributed by atoms with van der Waals surface area (Å²) >= 11 is 0.